The van der Waals surface area contributed by atoms with Crippen LogP contribution in [0.15, 0.2) is 24.3 Å². The molecule has 6 nitrogen and oxygen atoms in total. The second-order valence-corrected chi connectivity index (χ2v) is 6.48. The Hall–Kier alpha value is -1.73. The van der Waals surface area contributed by atoms with E-state index in [1.54, 1.807) is 31.2 Å². The van der Waals surface area contributed by atoms with Gasteiger partial charge in [-0.25, -0.2) is 0 Å². The number of rotatable bonds is 5. The first-order valence-electron chi connectivity index (χ1n) is 7.09. The van der Waals surface area contributed by atoms with Crippen LogP contribution < -0.4 is 0 Å². The minimum atomic E-state index is -1.07. The zero-order valence-electron chi connectivity index (χ0n) is 12.6. The van der Waals surface area contributed by atoms with Gasteiger partial charge in [0.1, 0.15) is 12.6 Å². The molecule has 1 atom stereocenters. The summed E-state index contributed by atoms with van der Waals surface area (Å²) in [6.07, 6.45) is 0. The number of hydrogen-bond acceptors (Lipinski definition) is 4. The van der Waals surface area contributed by atoms with Gasteiger partial charge in [0.05, 0.1) is 5.88 Å². The number of thioether (sulfide) groups is 1. The van der Waals surface area contributed by atoms with Crippen LogP contribution in [0.2, 0.25) is 5.02 Å². The Labute approximate surface area is 143 Å². The van der Waals surface area contributed by atoms with Crippen LogP contribution in [0.4, 0.5) is 0 Å². The first kappa shape index (κ1) is 17.6. The van der Waals surface area contributed by atoms with Gasteiger partial charge in [0.15, 0.2) is 0 Å². The number of carbonyl (C=O) groups excluding carboxylic acids is 2. The normalized spacial score (nSPS) is 17.1. The fraction of sp³-hybridized carbons (Fsp3) is 0.400. The summed E-state index contributed by atoms with van der Waals surface area (Å²) >= 11 is 7.29. The third-order valence-electron chi connectivity index (χ3n) is 3.54. The van der Waals surface area contributed by atoms with E-state index >= 15 is 0 Å². The lowest BCUT2D eigenvalue weighted by Gasteiger charge is -2.28. The van der Waals surface area contributed by atoms with Crippen LogP contribution in [0.5, 0.6) is 0 Å². The number of carboxylic acids is 1. The predicted molar refractivity (Wildman–Crippen MR) is 88.6 cm³/mol. The topological polar surface area (TPSA) is 77.9 Å². The Bertz CT molecular complexity index is 608. The fourth-order valence-electron chi connectivity index (χ4n) is 2.33. The van der Waals surface area contributed by atoms with Crippen molar-refractivity contribution in [3.8, 4) is 0 Å². The number of amides is 2. The molecule has 8 heteroatoms. The molecule has 1 N–H and O–H groups in total. The van der Waals surface area contributed by atoms with Crippen LogP contribution in [0.3, 0.4) is 0 Å². The summed E-state index contributed by atoms with van der Waals surface area (Å²) in [4.78, 5) is 38.7. The summed E-state index contributed by atoms with van der Waals surface area (Å²) in [5.74, 6) is -0.781. The smallest absolute Gasteiger partial charge is 0.323 e. The van der Waals surface area contributed by atoms with Gasteiger partial charge < -0.3 is 14.9 Å². The van der Waals surface area contributed by atoms with E-state index in [0.29, 0.717) is 22.2 Å². The van der Waals surface area contributed by atoms with E-state index in [4.69, 9.17) is 16.7 Å². The molecule has 2 rings (SSSR count). The van der Waals surface area contributed by atoms with Crippen molar-refractivity contribution in [3.05, 3.63) is 34.9 Å². The van der Waals surface area contributed by atoms with Crippen molar-refractivity contribution >= 4 is 41.1 Å². The molecule has 1 unspecified atom stereocenters. The average Bonchev–Trinajstić information content (AvgIpc) is 3.01. The lowest BCUT2D eigenvalue weighted by Crippen LogP contribution is -2.50. The van der Waals surface area contributed by atoms with Crippen LogP contribution in [0.1, 0.15) is 17.3 Å². The number of hydrogen-bond donors (Lipinski definition) is 1. The molecule has 0 bridgehead atoms. The Kier molecular flexibility index (Phi) is 5.90. The molecule has 23 heavy (non-hydrogen) atoms. The van der Waals surface area contributed by atoms with E-state index in [-0.39, 0.29) is 24.9 Å². The fourth-order valence-corrected chi connectivity index (χ4v) is 3.60. The molecule has 1 saturated heterocycles. The molecule has 1 aliphatic heterocycles. The Morgan fingerprint density at radius 1 is 1.35 bits per heavy atom. The van der Waals surface area contributed by atoms with Crippen molar-refractivity contribution in [1.82, 2.24) is 9.80 Å². The molecular formula is C15H17ClN2O4S. The number of halogens is 1. The van der Waals surface area contributed by atoms with Gasteiger partial charge in [-0.05, 0) is 31.2 Å². The molecule has 0 radical (unpaired) electrons. The maximum atomic E-state index is 12.6. The summed E-state index contributed by atoms with van der Waals surface area (Å²) in [6, 6.07) is 5.84. The highest BCUT2D eigenvalue weighted by Crippen LogP contribution is 2.25. The molecule has 1 aromatic rings. The zero-order chi connectivity index (χ0) is 17.0. The first-order valence-corrected chi connectivity index (χ1v) is 8.62. The summed E-state index contributed by atoms with van der Waals surface area (Å²) in [5, 5.41) is 9.42. The monoisotopic (exact) mass is 356 g/mol. The van der Waals surface area contributed by atoms with E-state index in [1.165, 1.54) is 21.6 Å². The second kappa shape index (κ2) is 7.70. The van der Waals surface area contributed by atoms with Crippen molar-refractivity contribution in [2.24, 2.45) is 0 Å². The van der Waals surface area contributed by atoms with E-state index in [9.17, 15) is 14.4 Å². The molecule has 1 heterocycles. The Morgan fingerprint density at radius 3 is 2.57 bits per heavy atom. The van der Waals surface area contributed by atoms with Crippen molar-refractivity contribution in [1.29, 1.82) is 0 Å². The molecule has 0 spiro atoms. The molecule has 124 valence electrons. The van der Waals surface area contributed by atoms with Crippen molar-refractivity contribution in [3.63, 3.8) is 0 Å². The average molecular weight is 357 g/mol. The van der Waals surface area contributed by atoms with Gasteiger partial charge >= 0.3 is 5.97 Å². The zero-order valence-corrected chi connectivity index (χ0v) is 14.1. The predicted octanol–water partition coefficient (Wildman–Crippen LogP) is 1.79. The third kappa shape index (κ3) is 4.17. The largest absolute Gasteiger partial charge is 0.480 e. The van der Waals surface area contributed by atoms with Crippen LogP contribution in [0, 0.1) is 0 Å². The summed E-state index contributed by atoms with van der Waals surface area (Å²) in [5.41, 5.74) is 0.455. The molecule has 0 aromatic heterocycles. The van der Waals surface area contributed by atoms with Gasteiger partial charge in [-0.1, -0.05) is 11.6 Å². The number of carboxylic acid groups (broad SMARTS) is 1. The highest BCUT2D eigenvalue weighted by atomic mass is 35.5. The molecule has 0 aliphatic carbocycles. The molecule has 1 fully saturated rings. The van der Waals surface area contributed by atoms with Gasteiger partial charge in [0.2, 0.25) is 5.91 Å². The lowest BCUT2D eigenvalue weighted by atomic mass is 10.1. The maximum Gasteiger partial charge on any atom is 0.323 e. The van der Waals surface area contributed by atoms with Crippen LogP contribution >= 0.6 is 23.4 Å². The number of likely N-dealkylation sites (N-methyl/N-ethyl adjacent to an activating group) is 1. The summed E-state index contributed by atoms with van der Waals surface area (Å²) in [6.45, 7) is 1.64. The highest BCUT2D eigenvalue weighted by Gasteiger charge is 2.37. The van der Waals surface area contributed by atoms with Crippen LogP contribution in [-0.4, -0.2) is 63.5 Å². The Balaban J connectivity index is 2.15. The van der Waals surface area contributed by atoms with E-state index < -0.39 is 12.0 Å². The van der Waals surface area contributed by atoms with Crippen LogP contribution in [0.25, 0.3) is 0 Å². The number of nitrogens with zero attached hydrogens (tertiary/aromatic N) is 2. The van der Waals surface area contributed by atoms with E-state index in [0.717, 1.165) is 0 Å². The van der Waals surface area contributed by atoms with Gasteiger partial charge in [-0.15, -0.1) is 11.8 Å². The maximum absolute atomic E-state index is 12.6. The first-order chi connectivity index (χ1) is 10.9. The number of benzene rings is 1. The van der Waals surface area contributed by atoms with E-state index in [1.807, 2.05) is 0 Å². The van der Waals surface area contributed by atoms with Gasteiger partial charge in [-0.2, -0.15) is 0 Å². The summed E-state index contributed by atoms with van der Waals surface area (Å²) in [7, 11) is 0. The third-order valence-corrected chi connectivity index (χ3v) is 4.80. The lowest BCUT2D eigenvalue weighted by molar-refractivity contribution is -0.145. The van der Waals surface area contributed by atoms with Crippen molar-refractivity contribution in [2.75, 3.05) is 24.7 Å². The van der Waals surface area contributed by atoms with Crippen molar-refractivity contribution < 1.29 is 19.5 Å². The van der Waals surface area contributed by atoms with Crippen LogP contribution in [-0.2, 0) is 9.59 Å². The second-order valence-electron chi connectivity index (χ2n) is 5.04. The summed E-state index contributed by atoms with van der Waals surface area (Å²) < 4.78 is 0. The SMILES string of the molecule is CCN(CC(=O)O)C(=O)C1CSCN1C(=O)c1ccc(Cl)cc1. The van der Waals surface area contributed by atoms with Gasteiger partial charge in [-0.3, -0.25) is 14.4 Å². The standard InChI is InChI=1S/C15H17ClN2O4S/c1-2-17(7-13(19)20)15(22)12-8-23-9-18(12)14(21)10-3-5-11(16)6-4-10/h3-6,12H,2,7-9H2,1H3,(H,19,20). The number of carbonyl (C=O) groups is 3. The molecule has 1 aliphatic rings. The Morgan fingerprint density at radius 2 is 2.00 bits per heavy atom. The molecule has 2 amide bonds. The minimum Gasteiger partial charge on any atom is -0.480 e. The molecular weight excluding hydrogens is 340 g/mol. The quantitative estimate of drug-likeness (QED) is 0.870. The minimum absolute atomic E-state index is 0.253. The van der Waals surface area contributed by atoms with Gasteiger partial charge in [0, 0.05) is 22.9 Å². The molecule has 1 aromatic carbocycles. The van der Waals surface area contributed by atoms with Gasteiger partial charge in [0.25, 0.3) is 5.91 Å². The molecule has 0 saturated carbocycles. The number of aliphatic carboxylic acids is 1. The van der Waals surface area contributed by atoms with E-state index in [2.05, 4.69) is 0 Å². The van der Waals surface area contributed by atoms with Crippen molar-refractivity contribution in [2.45, 2.75) is 13.0 Å². The highest BCUT2D eigenvalue weighted by molar-refractivity contribution is 7.99.